The lowest BCUT2D eigenvalue weighted by atomic mass is 10.1. The molecule has 0 saturated heterocycles. The molecule has 0 spiro atoms. The lowest BCUT2D eigenvalue weighted by Gasteiger charge is -2.28. The molecule has 0 aromatic heterocycles. The van der Waals surface area contributed by atoms with E-state index in [0.717, 1.165) is 42.7 Å². The van der Waals surface area contributed by atoms with E-state index in [9.17, 15) is 4.79 Å². The molecule has 22 heavy (non-hydrogen) atoms. The van der Waals surface area contributed by atoms with Crippen LogP contribution in [0.5, 0.6) is 0 Å². The molecule has 0 heterocycles. The molecule has 1 aromatic rings. The molecule has 0 aliphatic carbocycles. The number of unbranched alkanes of at least 4 members (excludes halogenated alkanes) is 1. The number of aliphatic hydroxyl groups is 1. The highest BCUT2D eigenvalue weighted by Gasteiger charge is 2.21. The number of aryl methyl sites for hydroxylation is 2. The molecule has 4 nitrogen and oxygen atoms in total. The Balaban J connectivity index is 2.72. The zero-order valence-electron chi connectivity index (χ0n) is 14.4. The summed E-state index contributed by atoms with van der Waals surface area (Å²) in [7, 11) is 0. The summed E-state index contributed by atoms with van der Waals surface area (Å²) < 4.78 is 0. The first-order chi connectivity index (χ1) is 10.5. The van der Waals surface area contributed by atoms with Crippen molar-refractivity contribution in [1.82, 2.24) is 4.90 Å². The van der Waals surface area contributed by atoms with Gasteiger partial charge in [0.2, 0.25) is 5.91 Å². The molecule has 1 amide bonds. The molecule has 4 heteroatoms. The summed E-state index contributed by atoms with van der Waals surface area (Å²) in [6.07, 6.45) is 2.86. The number of carbonyl (C=O) groups is 1. The van der Waals surface area contributed by atoms with Crippen LogP contribution in [0.1, 0.15) is 44.2 Å². The van der Waals surface area contributed by atoms with Crippen molar-refractivity contribution in [1.29, 1.82) is 0 Å². The van der Waals surface area contributed by atoms with Gasteiger partial charge in [0.25, 0.3) is 0 Å². The molecule has 0 radical (unpaired) electrons. The number of hydrogen-bond donors (Lipinski definition) is 2. The van der Waals surface area contributed by atoms with Gasteiger partial charge in [0.05, 0.1) is 6.04 Å². The molecule has 0 bridgehead atoms. The second-order valence-electron chi connectivity index (χ2n) is 5.95. The smallest absolute Gasteiger partial charge is 0.241 e. The van der Waals surface area contributed by atoms with Crippen LogP contribution in [0.25, 0.3) is 0 Å². The van der Waals surface area contributed by atoms with Crippen LogP contribution in [0.15, 0.2) is 18.2 Å². The van der Waals surface area contributed by atoms with Crippen molar-refractivity contribution in [3.63, 3.8) is 0 Å². The largest absolute Gasteiger partial charge is 0.396 e. The van der Waals surface area contributed by atoms with Crippen molar-refractivity contribution in [3.05, 3.63) is 29.3 Å². The number of nitrogens with zero attached hydrogens (tertiary/aromatic N) is 1. The van der Waals surface area contributed by atoms with Crippen LogP contribution in [0.3, 0.4) is 0 Å². The summed E-state index contributed by atoms with van der Waals surface area (Å²) in [5.41, 5.74) is 3.09. The average molecular weight is 306 g/mol. The summed E-state index contributed by atoms with van der Waals surface area (Å²) in [5, 5.41) is 12.1. The first-order valence-electron chi connectivity index (χ1n) is 8.22. The molecule has 0 fully saturated rings. The third kappa shape index (κ3) is 5.78. The Labute approximate surface area is 134 Å². The van der Waals surface area contributed by atoms with E-state index in [1.165, 1.54) is 0 Å². The molecule has 1 atom stereocenters. The topological polar surface area (TPSA) is 52.6 Å². The van der Waals surface area contributed by atoms with E-state index in [1.54, 1.807) is 0 Å². The van der Waals surface area contributed by atoms with Gasteiger partial charge in [0, 0.05) is 18.8 Å². The van der Waals surface area contributed by atoms with Gasteiger partial charge in [-0.3, -0.25) is 9.69 Å². The lowest BCUT2D eigenvalue weighted by Crippen LogP contribution is -2.43. The predicted molar refractivity (Wildman–Crippen MR) is 92.2 cm³/mol. The normalized spacial score (nSPS) is 12.5. The van der Waals surface area contributed by atoms with E-state index < -0.39 is 0 Å². The molecule has 1 rings (SSSR count). The quantitative estimate of drug-likeness (QED) is 0.737. The van der Waals surface area contributed by atoms with Gasteiger partial charge < -0.3 is 10.4 Å². The average Bonchev–Trinajstić information content (AvgIpc) is 2.50. The standard InChI is InChI=1S/C18H30N2O2/c1-5-6-10-20(11-7-12-21)16(4)18(22)19-17-13-14(2)8-9-15(17)3/h8-9,13,16,21H,5-7,10-12H2,1-4H3,(H,19,22). The van der Waals surface area contributed by atoms with Crippen LogP contribution < -0.4 is 5.32 Å². The van der Waals surface area contributed by atoms with Gasteiger partial charge in [-0.15, -0.1) is 0 Å². The van der Waals surface area contributed by atoms with Gasteiger partial charge in [-0.25, -0.2) is 0 Å². The number of rotatable bonds is 9. The van der Waals surface area contributed by atoms with Gasteiger partial charge in [0.15, 0.2) is 0 Å². The second kappa shape index (κ2) is 9.59. The maximum Gasteiger partial charge on any atom is 0.241 e. The maximum absolute atomic E-state index is 12.5. The summed E-state index contributed by atoms with van der Waals surface area (Å²) in [6.45, 7) is 9.90. The minimum atomic E-state index is -0.196. The van der Waals surface area contributed by atoms with Gasteiger partial charge in [-0.1, -0.05) is 25.5 Å². The Hall–Kier alpha value is -1.39. The number of benzene rings is 1. The summed E-state index contributed by atoms with van der Waals surface area (Å²) in [4.78, 5) is 14.7. The van der Waals surface area contributed by atoms with Crippen LogP contribution in [-0.2, 0) is 4.79 Å². The molecular formula is C18H30N2O2. The van der Waals surface area contributed by atoms with Gasteiger partial charge in [-0.05, 0) is 57.4 Å². The van der Waals surface area contributed by atoms with Gasteiger partial charge in [0.1, 0.15) is 0 Å². The van der Waals surface area contributed by atoms with Crippen molar-refractivity contribution >= 4 is 11.6 Å². The Morgan fingerprint density at radius 1 is 1.27 bits per heavy atom. The highest BCUT2D eigenvalue weighted by molar-refractivity contribution is 5.95. The van der Waals surface area contributed by atoms with Crippen molar-refractivity contribution in [3.8, 4) is 0 Å². The Kier molecular flexibility index (Phi) is 8.13. The SMILES string of the molecule is CCCCN(CCCO)C(C)C(=O)Nc1cc(C)ccc1C. The van der Waals surface area contributed by atoms with Gasteiger partial charge >= 0.3 is 0 Å². The Bertz CT molecular complexity index is 466. The molecule has 0 aliphatic rings. The molecular weight excluding hydrogens is 276 g/mol. The number of amides is 1. The van der Waals surface area contributed by atoms with E-state index in [1.807, 2.05) is 39.0 Å². The Morgan fingerprint density at radius 3 is 2.59 bits per heavy atom. The third-order valence-electron chi connectivity index (χ3n) is 3.98. The van der Waals surface area contributed by atoms with Crippen molar-refractivity contribution in [2.75, 3.05) is 25.0 Å². The van der Waals surface area contributed by atoms with E-state index in [0.29, 0.717) is 6.42 Å². The van der Waals surface area contributed by atoms with Crippen molar-refractivity contribution in [2.24, 2.45) is 0 Å². The number of anilines is 1. The van der Waals surface area contributed by atoms with E-state index >= 15 is 0 Å². The molecule has 2 N–H and O–H groups in total. The molecule has 124 valence electrons. The van der Waals surface area contributed by atoms with Crippen LogP contribution in [0.4, 0.5) is 5.69 Å². The van der Waals surface area contributed by atoms with Crippen LogP contribution in [-0.4, -0.2) is 41.7 Å². The van der Waals surface area contributed by atoms with Crippen molar-refractivity contribution in [2.45, 2.75) is 53.0 Å². The zero-order valence-corrected chi connectivity index (χ0v) is 14.4. The van der Waals surface area contributed by atoms with Crippen LogP contribution in [0.2, 0.25) is 0 Å². The summed E-state index contributed by atoms with van der Waals surface area (Å²) in [5.74, 6) is 0.0164. The minimum Gasteiger partial charge on any atom is -0.396 e. The summed E-state index contributed by atoms with van der Waals surface area (Å²) >= 11 is 0. The highest BCUT2D eigenvalue weighted by atomic mass is 16.3. The van der Waals surface area contributed by atoms with Crippen LogP contribution >= 0.6 is 0 Å². The van der Waals surface area contributed by atoms with E-state index in [2.05, 4.69) is 17.1 Å². The second-order valence-corrected chi connectivity index (χ2v) is 5.95. The fraction of sp³-hybridized carbons (Fsp3) is 0.611. The van der Waals surface area contributed by atoms with E-state index in [4.69, 9.17) is 5.11 Å². The monoisotopic (exact) mass is 306 g/mol. The Morgan fingerprint density at radius 2 is 1.95 bits per heavy atom. The minimum absolute atomic E-state index is 0.0164. The fourth-order valence-corrected chi connectivity index (χ4v) is 2.41. The number of nitrogens with one attached hydrogen (secondary N) is 1. The first-order valence-corrected chi connectivity index (χ1v) is 8.22. The number of aliphatic hydroxyl groups excluding tert-OH is 1. The first kappa shape index (κ1) is 18.7. The zero-order chi connectivity index (χ0) is 16.5. The highest BCUT2D eigenvalue weighted by Crippen LogP contribution is 2.17. The predicted octanol–water partition coefficient (Wildman–Crippen LogP) is 3.11. The van der Waals surface area contributed by atoms with E-state index in [-0.39, 0.29) is 18.6 Å². The number of hydrogen-bond acceptors (Lipinski definition) is 3. The van der Waals surface area contributed by atoms with Gasteiger partial charge in [-0.2, -0.15) is 0 Å². The molecule has 1 unspecified atom stereocenters. The molecule has 0 aliphatic heterocycles. The number of carbonyl (C=O) groups excluding carboxylic acids is 1. The summed E-state index contributed by atoms with van der Waals surface area (Å²) in [6, 6.07) is 5.88. The van der Waals surface area contributed by atoms with Crippen molar-refractivity contribution < 1.29 is 9.90 Å². The molecule has 0 saturated carbocycles. The van der Waals surface area contributed by atoms with Crippen LogP contribution in [0, 0.1) is 13.8 Å². The molecule has 1 aromatic carbocycles. The maximum atomic E-state index is 12.5. The third-order valence-corrected chi connectivity index (χ3v) is 3.98. The lowest BCUT2D eigenvalue weighted by molar-refractivity contribution is -0.120. The fourth-order valence-electron chi connectivity index (χ4n) is 2.41.